The van der Waals surface area contributed by atoms with E-state index in [9.17, 15) is 14.7 Å². The van der Waals surface area contributed by atoms with Gasteiger partial charge in [-0.15, -0.1) is 0 Å². The minimum Gasteiger partial charge on any atom is -0.496 e. The molecule has 0 spiro atoms. The van der Waals surface area contributed by atoms with Gasteiger partial charge in [0.05, 0.1) is 26.9 Å². The second-order valence-electron chi connectivity index (χ2n) is 10.6. The van der Waals surface area contributed by atoms with Gasteiger partial charge in [-0.05, 0) is 98.4 Å². The van der Waals surface area contributed by atoms with Crippen molar-refractivity contribution in [3.05, 3.63) is 47.0 Å². The summed E-state index contributed by atoms with van der Waals surface area (Å²) in [5.74, 6) is -0.0484. The Balaban J connectivity index is 1.61. The van der Waals surface area contributed by atoms with Crippen LogP contribution < -0.4 is 15.4 Å². The predicted octanol–water partition coefficient (Wildman–Crippen LogP) is 5.97. The summed E-state index contributed by atoms with van der Waals surface area (Å²) in [6.07, 6.45) is 6.19. The van der Waals surface area contributed by atoms with Crippen LogP contribution in [0.1, 0.15) is 68.1 Å². The first kappa shape index (κ1) is 27.8. The van der Waals surface area contributed by atoms with Crippen LogP contribution in [-0.4, -0.2) is 49.1 Å². The highest BCUT2D eigenvalue weighted by molar-refractivity contribution is 5.84. The van der Waals surface area contributed by atoms with Crippen molar-refractivity contribution in [2.45, 2.75) is 89.5 Å². The van der Waals surface area contributed by atoms with E-state index < -0.39 is 17.6 Å². The van der Waals surface area contributed by atoms with Crippen molar-refractivity contribution in [3.63, 3.8) is 0 Å². The van der Waals surface area contributed by atoms with Crippen LogP contribution in [0.3, 0.4) is 0 Å². The molecule has 206 valence electrons. The summed E-state index contributed by atoms with van der Waals surface area (Å²) >= 11 is 0. The van der Waals surface area contributed by atoms with Crippen molar-refractivity contribution in [1.29, 1.82) is 0 Å². The minimum absolute atomic E-state index is 0.103. The second kappa shape index (κ2) is 12.1. The first-order valence-corrected chi connectivity index (χ1v) is 13.5. The van der Waals surface area contributed by atoms with Crippen LogP contribution in [0.2, 0.25) is 0 Å². The lowest BCUT2D eigenvalue weighted by molar-refractivity contribution is -0.143. The third-order valence-electron chi connectivity index (χ3n) is 8.17. The number of aryl methyl sites for hydroxylation is 1. The first-order valence-electron chi connectivity index (χ1n) is 13.5. The summed E-state index contributed by atoms with van der Waals surface area (Å²) in [5, 5.41) is 16.4. The van der Waals surface area contributed by atoms with Gasteiger partial charge in [0.1, 0.15) is 11.3 Å². The SMILES string of the molecule is COC(=O)NC1CCC(Nc2ccc(-c3cc(C)c(C)c(OC)c3)c(COC3CCCC3)c2)(C(=O)O)CC1. The number of aliphatic carboxylic acids is 1. The molecule has 2 aromatic carbocycles. The number of rotatable bonds is 9. The van der Waals surface area contributed by atoms with Gasteiger partial charge in [-0.2, -0.15) is 0 Å². The maximum Gasteiger partial charge on any atom is 0.407 e. The lowest BCUT2D eigenvalue weighted by Crippen LogP contribution is -2.52. The molecule has 1 amide bonds. The molecular weight excluding hydrogens is 484 g/mol. The summed E-state index contributed by atoms with van der Waals surface area (Å²) in [5.41, 5.74) is 4.99. The number of carbonyl (C=O) groups excluding carboxylic acids is 1. The maximum atomic E-state index is 12.5. The first-order chi connectivity index (χ1) is 18.2. The molecule has 0 aliphatic heterocycles. The Kier molecular flexibility index (Phi) is 8.82. The molecule has 3 N–H and O–H groups in total. The zero-order valence-corrected chi connectivity index (χ0v) is 22.9. The average molecular weight is 525 g/mol. The summed E-state index contributed by atoms with van der Waals surface area (Å²) < 4.78 is 16.6. The molecule has 0 radical (unpaired) electrons. The fourth-order valence-electron chi connectivity index (χ4n) is 5.68. The molecule has 2 aromatic rings. The smallest absolute Gasteiger partial charge is 0.407 e. The predicted molar refractivity (Wildman–Crippen MR) is 147 cm³/mol. The summed E-state index contributed by atoms with van der Waals surface area (Å²) in [7, 11) is 3.01. The molecule has 4 rings (SSSR count). The molecule has 2 fully saturated rings. The van der Waals surface area contributed by atoms with Crippen molar-refractivity contribution >= 4 is 17.7 Å². The topological polar surface area (TPSA) is 106 Å². The van der Waals surface area contributed by atoms with Crippen molar-refractivity contribution in [3.8, 4) is 16.9 Å². The van der Waals surface area contributed by atoms with Crippen LogP contribution in [0.4, 0.5) is 10.5 Å². The van der Waals surface area contributed by atoms with Crippen molar-refractivity contribution < 1.29 is 28.9 Å². The monoisotopic (exact) mass is 524 g/mol. The van der Waals surface area contributed by atoms with Crippen LogP contribution in [-0.2, 0) is 20.9 Å². The summed E-state index contributed by atoms with van der Waals surface area (Å²) in [4.78, 5) is 24.1. The number of methoxy groups -OCH3 is 2. The van der Waals surface area contributed by atoms with Crippen LogP contribution in [0, 0.1) is 13.8 Å². The van der Waals surface area contributed by atoms with Crippen molar-refractivity contribution in [2.24, 2.45) is 0 Å². The fourth-order valence-corrected chi connectivity index (χ4v) is 5.68. The zero-order valence-electron chi connectivity index (χ0n) is 22.9. The minimum atomic E-state index is -1.11. The number of carboxylic acids is 1. The summed E-state index contributed by atoms with van der Waals surface area (Å²) in [6.45, 7) is 4.58. The highest BCUT2D eigenvalue weighted by Crippen LogP contribution is 2.37. The normalized spacial score (nSPS) is 21.6. The van der Waals surface area contributed by atoms with Crippen molar-refractivity contribution in [1.82, 2.24) is 5.32 Å². The van der Waals surface area contributed by atoms with Gasteiger partial charge in [0, 0.05) is 11.7 Å². The van der Waals surface area contributed by atoms with Gasteiger partial charge in [-0.1, -0.05) is 25.0 Å². The lowest BCUT2D eigenvalue weighted by Gasteiger charge is -2.38. The van der Waals surface area contributed by atoms with Gasteiger partial charge < -0.3 is 30.0 Å². The molecule has 0 atom stereocenters. The number of nitrogens with one attached hydrogen (secondary N) is 2. The Morgan fingerprint density at radius 2 is 1.74 bits per heavy atom. The molecule has 0 bridgehead atoms. The van der Waals surface area contributed by atoms with Gasteiger partial charge in [0.25, 0.3) is 0 Å². The van der Waals surface area contributed by atoms with E-state index in [2.05, 4.69) is 36.6 Å². The zero-order chi connectivity index (χ0) is 27.3. The standard InChI is InChI=1S/C30H40N2O6/c1-19-15-21(17-27(36-3)20(19)2)26-10-9-24(16-22(26)18-38-25-7-5-6-8-25)32-30(28(33)34)13-11-23(12-14-30)31-29(35)37-4/h9-10,15-17,23,25,32H,5-8,11-14,18H2,1-4H3,(H,31,35)(H,33,34). The molecule has 8 nitrogen and oxygen atoms in total. The van der Waals surface area contributed by atoms with Gasteiger partial charge in [-0.3, -0.25) is 0 Å². The number of benzene rings is 2. The highest BCUT2D eigenvalue weighted by Gasteiger charge is 2.42. The van der Waals surface area contributed by atoms with E-state index in [1.807, 2.05) is 18.2 Å². The lowest BCUT2D eigenvalue weighted by atomic mass is 9.79. The fraction of sp³-hybridized carbons (Fsp3) is 0.533. The molecular formula is C30H40N2O6. The number of carbonyl (C=O) groups is 2. The second-order valence-corrected chi connectivity index (χ2v) is 10.6. The van der Waals surface area contributed by atoms with Crippen LogP contribution in [0.15, 0.2) is 30.3 Å². The van der Waals surface area contributed by atoms with E-state index in [0.717, 1.165) is 52.1 Å². The molecule has 2 aliphatic carbocycles. The quantitative estimate of drug-likeness (QED) is 0.371. The van der Waals surface area contributed by atoms with Crippen LogP contribution >= 0.6 is 0 Å². The van der Waals surface area contributed by atoms with E-state index in [1.165, 1.54) is 20.0 Å². The number of hydrogen-bond acceptors (Lipinski definition) is 6. The van der Waals surface area contributed by atoms with Gasteiger partial charge >= 0.3 is 12.1 Å². The van der Waals surface area contributed by atoms with Gasteiger partial charge in [0.2, 0.25) is 0 Å². The molecule has 0 saturated heterocycles. The number of carboxylic acid groups (broad SMARTS) is 1. The van der Waals surface area contributed by atoms with E-state index in [0.29, 0.717) is 32.3 Å². The number of anilines is 1. The van der Waals surface area contributed by atoms with Gasteiger partial charge in [0.15, 0.2) is 0 Å². The molecule has 2 aliphatic rings. The average Bonchev–Trinajstić information content (AvgIpc) is 3.44. The highest BCUT2D eigenvalue weighted by atomic mass is 16.5. The number of ether oxygens (including phenoxy) is 3. The van der Waals surface area contributed by atoms with Crippen molar-refractivity contribution in [2.75, 3.05) is 19.5 Å². The van der Waals surface area contributed by atoms with E-state index in [-0.39, 0.29) is 12.1 Å². The summed E-state index contributed by atoms with van der Waals surface area (Å²) in [6, 6.07) is 10.1. The molecule has 0 heterocycles. The Hall–Kier alpha value is -3.26. The molecule has 0 aromatic heterocycles. The number of hydrogen-bond donors (Lipinski definition) is 3. The maximum absolute atomic E-state index is 12.5. The molecule has 8 heteroatoms. The number of amides is 1. The Morgan fingerprint density at radius 1 is 1.03 bits per heavy atom. The molecule has 38 heavy (non-hydrogen) atoms. The van der Waals surface area contributed by atoms with E-state index >= 15 is 0 Å². The molecule has 2 saturated carbocycles. The number of alkyl carbamates (subject to hydrolysis) is 1. The van der Waals surface area contributed by atoms with E-state index in [1.54, 1.807) is 7.11 Å². The van der Waals surface area contributed by atoms with Crippen LogP contribution in [0.5, 0.6) is 5.75 Å². The Labute approximate surface area is 225 Å². The third-order valence-corrected chi connectivity index (χ3v) is 8.17. The largest absolute Gasteiger partial charge is 0.496 e. The van der Waals surface area contributed by atoms with Crippen LogP contribution in [0.25, 0.3) is 11.1 Å². The Bertz CT molecular complexity index is 1150. The Morgan fingerprint density at radius 3 is 2.37 bits per heavy atom. The van der Waals surface area contributed by atoms with Gasteiger partial charge in [-0.25, -0.2) is 9.59 Å². The molecule has 0 unspecified atom stereocenters. The third kappa shape index (κ3) is 6.23. The van der Waals surface area contributed by atoms with E-state index in [4.69, 9.17) is 14.2 Å².